The Balaban J connectivity index is 2.53. The molecule has 2 aromatic rings. The van der Waals surface area contributed by atoms with Crippen molar-refractivity contribution in [3.63, 3.8) is 0 Å². The van der Waals surface area contributed by atoms with Crippen LogP contribution >= 0.6 is 22.6 Å². The summed E-state index contributed by atoms with van der Waals surface area (Å²) in [6, 6.07) is 3.39. The molecule has 7 heteroatoms. The quantitative estimate of drug-likeness (QED) is 0.834. The van der Waals surface area contributed by atoms with Gasteiger partial charge in [-0.15, -0.1) is 10.2 Å². The molecule has 0 fully saturated rings. The van der Waals surface area contributed by atoms with Crippen LogP contribution < -0.4 is 10.3 Å². The van der Waals surface area contributed by atoms with E-state index in [0.717, 1.165) is 5.69 Å². The van der Waals surface area contributed by atoms with Gasteiger partial charge in [0.1, 0.15) is 5.69 Å². The highest BCUT2D eigenvalue weighted by molar-refractivity contribution is 14.1. The molecule has 2 rings (SSSR count). The zero-order valence-electron chi connectivity index (χ0n) is 10.8. The summed E-state index contributed by atoms with van der Waals surface area (Å²) in [7, 11) is 1.52. The molecule has 0 amide bonds. The molecule has 0 saturated carbocycles. The second-order valence-electron chi connectivity index (χ2n) is 4.23. The number of hydrogen-bond donors (Lipinski definition) is 1. The van der Waals surface area contributed by atoms with Gasteiger partial charge in [0.05, 0.1) is 16.4 Å². The summed E-state index contributed by atoms with van der Waals surface area (Å²) in [5.74, 6) is 1.00. The van der Waals surface area contributed by atoms with Gasteiger partial charge in [-0.1, -0.05) is 13.8 Å². The first-order valence-electron chi connectivity index (χ1n) is 5.70. The highest BCUT2D eigenvalue weighted by atomic mass is 127. The van der Waals surface area contributed by atoms with E-state index in [1.165, 1.54) is 7.11 Å². The maximum Gasteiger partial charge on any atom is 0.264 e. The van der Waals surface area contributed by atoms with E-state index in [2.05, 4.69) is 20.2 Å². The van der Waals surface area contributed by atoms with Crippen LogP contribution in [0.4, 0.5) is 0 Å². The molecule has 0 spiro atoms. The van der Waals surface area contributed by atoms with Crippen LogP contribution in [0.15, 0.2) is 16.9 Å². The highest BCUT2D eigenvalue weighted by Gasteiger charge is 2.14. The van der Waals surface area contributed by atoms with E-state index in [9.17, 15) is 4.79 Å². The number of nitrogens with zero attached hydrogens (tertiary/aromatic N) is 3. The normalized spacial score (nSPS) is 10.8. The number of aromatic nitrogens is 4. The summed E-state index contributed by atoms with van der Waals surface area (Å²) >= 11 is 2.01. The van der Waals surface area contributed by atoms with Crippen molar-refractivity contribution >= 4 is 22.6 Å². The van der Waals surface area contributed by atoms with Crippen LogP contribution in [-0.2, 0) is 0 Å². The van der Waals surface area contributed by atoms with Gasteiger partial charge in [0.2, 0.25) is 5.88 Å². The molecule has 1 N–H and O–H groups in total. The monoisotopic (exact) mass is 372 g/mol. The third-order valence-corrected chi connectivity index (χ3v) is 3.57. The molecular weight excluding hydrogens is 359 g/mol. The molecule has 0 atom stereocenters. The SMILES string of the molecule is COc1ccc(-c2nc(C(C)C)c(I)c(=O)[nH]2)nn1. The van der Waals surface area contributed by atoms with Crippen molar-refractivity contribution in [1.82, 2.24) is 20.2 Å². The Morgan fingerprint density at radius 1 is 1.32 bits per heavy atom. The minimum absolute atomic E-state index is 0.160. The molecule has 0 aliphatic heterocycles. The van der Waals surface area contributed by atoms with Gasteiger partial charge in [-0.25, -0.2) is 4.98 Å². The zero-order chi connectivity index (χ0) is 14.0. The number of H-pyrrole nitrogens is 1. The molecule has 0 saturated heterocycles. The lowest BCUT2D eigenvalue weighted by molar-refractivity contribution is 0.392. The molecule has 2 heterocycles. The molecular formula is C12H13IN4O2. The first-order chi connectivity index (χ1) is 9.02. The summed E-state index contributed by atoms with van der Waals surface area (Å²) in [5.41, 5.74) is 1.11. The van der Waals surface area contributed by atoms with Crippen molar-refractivity contribution in [2.24, 2.45) is 0 Å². The number of halogens is 1. The minimum Gasteiger partial charge on any atom is -0.480 e. The number of nitrogens with one attached hydrogen (secondary N) is 1. The predicted octanol–water partition coefficient (Wildman–Crippen LogP) is 1.96. The number of ether oxygens (including phenoxy) is 1. The third kappa shape index (κ3) is 2.91. The Labute approximate surface area is 123 Å². The van der Waals surface area contributed by atoms with Crippen LogP contribution in [0.1, 0.15) is 25.5 Å². The van der Waals surface area contributed by atoms with E-state index in [1.807, 2.05) is 36.4 Å². The molecule has 6 nitrogen and oxygen atoms in total. The summed E-state index contributed by atoms with van der Waals surface area (Å²) in [4.78, 5) is 19.0. The standard InChI is InChI=1S/C12H13IN4O2/c1-6(2)10-9(13)12(18)15-11(14-10)7-4-5-8(19-3)17-16-7/h4-6H,1-3H3,(H,14,15,18). The Hall–Kier alpha value is -1.51. The maximum absolute atomic E-state index is 11.9. The van der Waals surface area contributed by atoms with Gasteiger partial charge < -0.3 is 9.72 Å². The predicted molar refractivity (Wildman–Crippen MR) is 79.2 cm³/mol. The van der Waals surface area contributed by atoms with Gasteiger partial charge in [0.25, 0.3) is 5.56 Å². The van der Waals surface area contributed by atoms with E-state index in [0.29, 0.717) is 21.0 Å². The smallest absolute Gasteiger partial charge is 0.264 e. The molecule has 2 aromatic heterocycles. The first kappa shape index (κ1) is 13.9. The zero-order valence-corrected chi connectivity index (χ0v) is 12.9. The average molecular weight is 372 g/mol. The molecule has 0 radical (unpaired) electrons. The summed E-state index contributed by atoms with van der Waals surface area (Å²) < 4.78 is 5.55. The molecule has 0 aliphatic carbocycles. The van der Waals surface area contributed by atoms with E-state index < -0.39 is 0 Å². The minimum atomic E-state index is -0.160. The van der Waals surface area contributed by atoms with E-state index >= 15 is 0 Å². The third-order valence-electron chi connectivity index (χ3n) is 2.53. The number of rotatable bonds is 3. The van der Waals surface area contributed by atoms with E-state index in [-0.39, 0.29) is 11.5 Å². The van der Waals surface area contributed by atoms with Crippen LogP contribution in [0.3, 0.4) is 0 Å². The second-order valence-corrected chi connectivity index (χ2v) is 5.31. The lowest BCUT2D eigenvalue weighted by Crippen LogP contribution is -2.17. The Morgan fingerprint density at radius 3 is 2.58 bits per heavy atom. The Bertz CT molecular complexity index is 637. The summed E-state index contributed by atoms with van der Waals surface area (Å²) in [6.45, 7) is 3.99. The van der Waals surface area contributed by atoms with Crippen LogP contribution in [0, 0.1) is 3.57 Å². The van der Waals surface area contributed by atoms with Crippen LogP contribution in [0.25, 0.3) is 11.5 Å². The molecule has 100 valence electrons. The Morgan fingerprint density at radius 2 is 2.05 bits per heavy atom. The van der Waals surface area contributed by atoms with Crippen molar-refractivity contribution in [3.8, 4) is 17.4 Å². The summed E-state index contributed by atoms with van der Waals surface area (Å²) in [5, 5.41) is 7.84. The van der Waals surface area contributed by atoms with Crippen LogP contribution in [0.5, 0.6) is 5.88 Å². The van der Waals surface area contributed by atoms with Gasteiger partial charge in [0, 0.05) is 6.07 Å². The van der Waals surface area contributed by atoms with Crippen molar-refractivity contribution in [2.75, 3.05) is 7.11 Å². The first-order valence-corrected chi connectivity index (χ1v) is 6.78. The molecule has 19 heavy (non-hydrogen) atoms. The van der Waals surface area contributed by atoms with E-state index in [1.54, 1.807) is 12.1 Å². The van der Waals surface area contributed by atoms with Crippen molar-refractivity contribution in [1.29, 1.82) is 0 Å². The van der Waals surface area contributed by atoms with Crippen molar-refractivity contribution < 1.29 is 4.74 Å². The largest absolute Gasteiger partial charge is 0.480 e. The molecule has 0 aromatic carbocycles. The molecule has 0 bridgehead atoms. The van der Waals surface area contributed by atoms with Gasteiger partial charge in [-0.2, -0.15) is 0 Å². The van der Waals surface area contributed by atoms with Gasteiger partial charge in [0.15, 0.2) is 5.82 Å². The fraction of sp³-hybridized carbons (Fsp3) is 0.333. The Kier molecular flexibility index (Phi) is 4.13. The van der Waals surface area contributed by atoms with Crippen LogP contribution in [0.2, 0.25) is 0 Å². The second kappa shape index (κ2) is 5.64. The van der Waals surface area contributed by atoms with Gasteiger partial charge >= 0.3 is 0 Å². The maximum atomic E-state index is 11.9. The number of methoxy groups -OCH3 is 1. The van der Waals surface area contributed by atoms with Crippen molar-refractivity contribution in [3.05, 3.63) is 31.8 Å². The molecule has 0 unspecified atom stereocenters. The number of hydrogen-bond acceptors (Lipinski definition) is 5. The number of aromatic amines is 1. The fourth-order valence-corrected chi connectivity index (χ4v) is 2.41. The summed E-state index contributed by atoms with van der Waals surface area (Å²) in [6.07, 6.45) is 0. The molecule has 0 aliphatic rings. The van der Waals surface area contributed by atoms with E-state index in [4.69, 9.17) is 4.74 Å². The lowest BCUT2D eigenvalue weighted by atomic mass is 10.1. The van der Waals surface area contributed by atoms with Gasteiger partial charge in [-0.3, -0.25) is 4.79 Å². The average Bonchev–Trinajstić information content (AvgIpc) is 2.41. The lowest BCUT2D eigenvalue weighted by Gasteiger charge is -2.08. The van der Waals surface area contributed by atoms with Gasteiger partial charge in [-0.05, 0) is 34.6 Å². The fourth-order valence-electron chi connectivity index (χ4n) is 1.54. The van der Waals surface area contributed by atoms with Crippen molar-refractivity contribution in [2.45, 2.75) is 19.8 Å². The topological polar surface area (TPSA) is 80.8 Å². The highest BCUT2D eigenvalue weighted by Crippen LogP contribution is 2.19. The van der Waals surface area contributed by atoms with Crippen LogP contribution in [-0.4, -0.2) is 27.3 Å².